The second kappa shape index (κ2) is 6.75. The van der Waals surface area contributed by atoms with Crippen molar-refractivity contribution in [1.82, 2.24) is 9.97 Å². The van der Waals surface area contributed by atoms with Gasteiger partial charge in [0, 0.05) is 17.9 Å². The number of aromatic nitrogens is 2. The minimum Gasteiger partial charge on any atom is -0.376 e. The number of amides is 1. The van der Waals surface area contributed by atoms with Crippen molar-refractivity contribution < 1.29 is 4.79 Å². The standard InChI is InChI=1S/C19H15N5O3/c25-10-23-12-3-1-2-11(6-12)8-20-16-17(19(27)18(16)26)24-13-4-5-14-15(7-13)22-9-21-14/h1-7,9-10,20,24H,8H2,(H,21,22)(H,23,25). The Morgan fingerprint density at radius 3 is 2.70 bits per heavy atom. The normalized spacial score (nSPS) is 10.8. The number of fused-ring (bicyclic) bond motifs is 1. The molecule has 4 aromatic rings. The molecule has 0 spiro atoms. The summed E-state index contributed by atoms with van der Waals surface area (Å²) in [6.07, 6.45) is 2.19. The minimum absolute atomic E-state index is 0.237. The molecule has 4 rings (SSSR count). The van der Waals surface area contributed by atoms with Crippen LogP contribution in [0.3, 0.4) is 0 Å². The SMILES string of the molecule is O=CNc1cccc(CNc2c(Nc3ccc4nc[nH]c4c3)c(=O)c2=O)c1. The number of nitrogens with zero attached hydrogens (tertiary/aromatic N) is 1. The molecular formula is C19H15N5O3. The fourth-order valence-corrected chi connectivity index (χ4v) is 2.87. The molecule has 27 heavy (non-hydrogen) atoms. The van der Waals surface area contributed by atoms with Crippen molar-refractivity contribution in [3.05, 3.63) is 74.8 Å². The monoisotopic (exact) mass is 361 g/mol. The van der Waals surface area contributed by atoms with Gasteiger partial charge in [-0.05, 0) is 35.9 Å². The molecule has 1 aromatic heterocycles. The van der Waals surface area contributed by atoms with Crippen LogP contribution in [0.2, 0.25) is 0 Å². The number of nitrogens with one attached hydrogen (secondary N) is 4. The molecule has 3 aromatic carbocycles. The van der Waals surface area contributed by atoms with E-state index in [0.717, 1.165) is 16.6 Å². The quantitative estimate of drug-likeness (QED) is 0.296. The molecule has 8 heteroatoms. The Kier molecular flexibility index (Phi) is 4.13. The summed E-state index contributed by atoms with van der Waals surface area (Å²) in [6, 6.07) is 12.6. The largest absolute Gasteiger partial charge is 0.376 e. The number of H-pyrrole nitrogens is 1. The van der Waals surface area contributed by atoms with Gasteiger partial charge in [-0.1, -0.05) is 12.1 Å². The van der Waals surface area contributed by atoms with Crippen LogP contribution in [0.15, 0.2) is 58.4 Å². The summed E-state index contributed by atoms with van der Waals surface area (Å²) in [5.41, 5.74) is 3.21. The second-order valence-corrected chi connectivity index (χ2v) is 5.98. The van der Waals surface area contributed by atoms with Gasteiger partial charge in [0.05, 0.1) is 17.4 Å². The summed E-state index contributed by atoms with van der Waals surface area (Å²) < 4.78 is 0. The van der Waals surface area contributed by atoms with Gasteiger partial charge in [-0.3, -0.25) is 14.4 Å². The molecule has 0 bridgehead atoms. The van der Waals surface area contributed by atoms with Crippen molar-refractivity contribution in [2.75, 3.05) is 16.0 Å². The molecule has 0 aliphatic rings. The number of aromatic amines is 1. The van der Waals surface area contributed by atoms with Crippen LogP contribution >= 0.6 is 0 Å². The summed E-state index contributed by atoms with van der Waals surface area (Å²) in [5, 5.41) is 8.57. The highest BCUT2D eigenvalue weighted by Crippen LogP contribution is 2.23. The zero-order valence-electron chi connectivity index (χ0n) is 14.1. The van der Waals surface area contributed by atoms with Crippen molar-refractivity contribution in [1.29, 1.82) is 0 Å². The number of hydrogen-bond donors (Lipinski definition) is 4. The number of imidazole rings is 1. The van der Waals surface area contributed by atoms with Gasteiger partial charge in [-0.2, -0.15) is 0 Å². The molecule has 1 amide bonds. The summed E-state index contributed by atoms with van der Waals surface area (Å²) >= 11 is 0. The molecule has 0 saturated carbocycles. The van der Waals surface area contributed by atoms with E-state index in [1.165, 1.54) is 0 Å². The van der Waals surface area contributed by atoms with E-state index in [1.807, 2.05) is 18.2 Å². The average molecular weight is 361 g/mol. The van der Waals surface area contributed by atoms with Crippen molar-refractivity contribution in [3.63, 3.8) is 0 Å². The van der Waals surface area contributed by atoms with Crippen LogP contribution in [0.5, 0.6) is 0 Å². The molecule has 8 nitrogen and oxygen atoms in total. The molecule has 0 atom stereocenters. The number of anilines is 4. The first-order chi connectivity index (χ1) is 13.2. The Morgan fingerprint density at radius 2 is 1.85 bits per heavy atom. The Morgan fingerprint density at radius 1 is 1.00 bits per heavy atom. The molecule has 0 radical (unpaired) electrons. The Balaban J connectivity index is 1.52. The van der Waals surface area contributed by atoms with Gasteiger partial charge < -0.3 is 20.9 Å². The predicted octanol–water partition coefficient (Wildman–Crippen LogP) is 2.08. The van der Waals surface area contributed by atoms with E-state index >= 15 is 0 Å². The molecule has 134 valence electrons. The number of hydrogen-bond acceptors (Lipinski definition) is 6. The van der Waals surface area contributed by atoms with E-state index in [9.17, 15) is 14.4 Å². The van der Waals surface area contributed by atoms with Crippen molar-refractivity contribution in [2.24, 2.45) is 0 Å². The molecule has 1 heterocycles. The highest BCUT2D eigenvalue weighted by Gasteiger charge is 2.21. The van der Waals surface area contributed by atoms with E-state index in [0.29, 0.717) is 24.3 Å². The zero-order valence-corrected chi connectivity index (χ0v) is 14.1. The van der Waals surface area contributed by atoms with Crippen LogP contribution in [-0.2, 0) is 11.3 Å². The molecule has 0 fully saturated rings. The van der Waals surface area contributed by atoms with Gasteiger partial charge in [0.2, 0.25) is 6.41 Å². The Bertz CT molecular complexity index is 1200. The van der Waals surface area contributed by atoms with Crippen LogP contribution in [0.4, 0.5) is 22.7 Å². The van der Waals surface area contributed by atoms with Gasteiger partial charge in [0.25, 0.3) is 10.9 Å². The maximum Gasteiger partial charge on any atom is 0.253 e. The van der Waals surface area contributed by atoms with Gasteiger partial charge >= 0.3 is 0 Å². The molecular weight excluding hydrogens is 346 g/mol. The summed E-state index contributed by atoms with van der Waals surface area (Å²) in [4.78, 5) is 41.6. The topological polar surface area (TPSA) is 116 Å². The number of benzene rings is 2. The fourth-order valence-electron chi connectivity index (χ4n) is 2.87. The third-order valence-corrected chi connectivity index (χ3v) is 4.22. The van der Waals surface area contributed by atoms with Crippen LogP contribution < -0.4 is 26.8 Å². The molecule has 0 aliphatic carbocycles. The lowest BCUT2D eigenvalue weighted by Gasteiger charge is -2.15. The molecule has 4 N–H and O–H groups in total. The molecule has 0 unspecified atom stereocenters. The van der Waals surface area contributed by atoms with E-state index in [2.05, 4.69) is 25.9 Å². The lowest BCUT2D eigenvalue weighted by atomic mass is 10.1. The van der Waals surface area contributed by atoms with Gasteiger partial charge in [-0.15, -0.1) is 0 Å². The predicted molar refractivity (Wildman–Crippen MR) is 104 cm³/mol. The van der Waals surface area contributed by atoms with Crippen LogP contribution in [0.25, 0.3) is 11.0 Å². The van der Waals surface area contributed by atoms with Crippen molar-refractivity contribution in [2.45, 2.75) is 6.54 Å². The third-order valence-electron chi connectivity index (χ3n) is 4.22. The molecule has 0 saturated heterocycles. The van der Waals surface area contributed by atoms with Crippen LogP contribution in [-0.4, -0.2) is 16.4 Å². The van der Waals surface area contributed by atoms with Crippen molar-refractivity contribution in [3.8, 4) is 0 Å². The first-order valence-electron chi connectivity index (χ1n) is 8.22. The van der Waals surface area contributed by atoms with E-state index in [-0.39, 0.29) is 11.4 Å². The van der Waals surface area contributed by atoms with Gasteiger partial charge in [-0.25, -0.2) is 4.98 Å². The highest BCUT2D eigenvalue weighted by atomic mass is 16.2. The Hall–Kier alpha value is -3.94. The van der Waals surface area contributed by atoms with Crippen LogP contribution in [0.1, 0.15) is 5.56 Å². The highest BCUT2D eigenvalue weighted by molar-refractivity contribution is 5.84. The number of carbonyl (C=O) groups is 1. The van der Waals surface area contributed by atoms with Gasteiger partial charge in [0.15, 0.2) is 0 Å². The number of carbonyl (C=O) groups excluding carboxylic acids is 1. The lowest BCUT2D eigenvalue weighted by molar-refractivity contribution is -0.105. The van der Waals surface area contributed by atoms with Gasteiger partial charge in [0.1, 0.15) is 11.4 Å². The summed E-state index contributed by atoms with van der Waals surface area (Å²) in [7, 11) is 0. The Labute approximate surface area is 152 Å². The van der Waals surface area contributed by atoms with Crippen molar-refractivity contribution >= 4 is 40.2 Å². The second-order valence-electron chi connectivity index (χ2n) is 5.98. The summed E-state index contributed by atoms with van der Waals surface area (Å²) in [5.74, 6) is 0. The maximum absolute atomic E-state index is 12.0. The smallest absolute Gasteiger partial charge is 0.253 e. The first kappa shape index (κ1) is 16.5. The average Bonchev–Trinajstić information content (AvgIpc) is 3.15. The minimum atomic E-state index is -0.557. The lowest BCUT2D eigenvalue weighted by Crippen LogP contribution is -2.36. The van der Waals surface area contributed by atoms with E-state index in [1.54, 1.807) is 30.6 Å². The van der Waals surface area contributed by atoms with Crippen LogP contribution in [0, 0.1) is 0 Å². The van der Waals surface area contributed by atoms with E-state index in [4.69, 9.17) is 0 Å². The van der Waals surface area contributed by atoms with E-state index < -0.39 is 10.9 Å². The summed E-state index contributed by atoms with van der Waals surface area (Å²) in [6.45, 7) is 0.341. The maximum atomic E-state index is 12.0. The molecule has 0 aliphatic heterocycles. The number of rotatable bonds is 7. The fraction of sp³-hybridized carbons (Fsp3) is 0.0526. The zero-order chi connectivity index (χ0) is 18.8. The third kappa shape index (κ3) is 3.15. The first-order valence-corrected chi connectivity index (χ1v) is 8.22.